The maximum Gasteiger partial charge on any atom is 0.305 e. The number of aliphatic carboxylic acids is 1. The molecule has 0 fully saturated rings. The van der Waals surface area contributed by atoms with Gasteiger partial charge in [0.1, 0.15) is 5.75 Å². The van der Waals surface area contributed by atoms with Gasteiger partial charge in [-0.3, -0.25) is 9.59 Å². The highest BCUT2D eigenvalue weighted by atomic mass is 16.5. The first-order valence-corrected chi connectivity index (χ1v) is 8.13. The second kappa shape index (κ2) is 7.49. The summed E-state index contributed by atoms with van der Waals surface area (Å²) in [7, 11) is 1.62. The quantitative estimate of drug-likeness (QED) is 0.875. The second-order valence-corrected chi connectivity index (χ2v) is 6.28. The Hall–Kier alpha value is -2.04. The Morgan fingerprint density at radius 1 is 1.39 bits per heavy atom. The van der Waals surface area contributed by atoms with Crippen molar-refractivity contribution < 1.29 is 19.4 Å². The summed E-state index contributed by atoms with van der Waals surface area (Å²) < 4.78 is 5.29. The van der Waals surface area contributed by atoms with Crippen LogP contribution in [0.1, 0.15) is 50.2 Å². The zero-order valence-corrected chi connectivity index (χ0v) is 14.0. The van der Waals surface area contributed by atoms with Crippen LogP contribution >= 0.6 is 0 Å². The molecule has 1 amide bonds. The zero-order valence-electron chi connectivity index (χ0n) is 14.0. The summed E-state index contributed by atoms with van der Waals surface area (Å²) in [5.74, 6) is -0.306. The summed E-state index contributed by atoms with van der Waals surface area (Å²) in [5, 5.41) is 8.91. The third-order valence-corrected chi connectivity index (χ3v) is 4.44. The van der Waals surface area contributed by atoms with Crippen LogP contribution in [0.3, 0.4) is 0 Å². The van der Waals surface area contributed by atoms with Crippen molar-refractivity contribution >= 4 is 11.9 Å². The van der Waals surface area contributed by atoms with E-state index in [9.17, 15) is 9.59 Å². The van der Waals surface area contributed by atoms with Crippen molar-refractivity contribution in [2.75, 3.05) is 13.7 Å². The van der Waals surface area contributed by atoms with E-state index in [2.05, 4.69) is 0 Å². The monoisotopic (exact) mass is 319 g/mol. The Morgan fingerprint density at radius 2 is 2.13 bits per heavy atom. The van der Waals surface area contributed by atoms with Gasteiger partial charge in [-0.1, -0.05) is 6.07 Å². The summed E-state index contributed by atoms with van der Waals surface area (Å²) in [5.41, 5.74) is 2.22. The van der Waals surface area contributed by atoms with E-state index in [-0.39, 0.29) is 30.8 Å². The fourth-order valence-electron chi connectivity index (χ4n) is 3.20. The molecule has 1 unspecified atom stereocenters. The fraction of sp³-hybridized carbons (Fsp3) is 0.556. The lowest BCUT2D eigenvalue weighted by atomic mass is 9.81. The Labute approximate surface area is 137 Å². The third-order valence-electron chi connectivity index (χ3n) is 4.44. The van der Waals surface area contributed by atoms with Crippen LogP contribution in [0.5, 0.6) is 5.75 Å². The summed E-state index contributed by atoms with van der Waals surface area (Å²) in [4.78, 5) is 25.5. The lowest BCUT2D eigenvalue weighted by molar-refractivity contribution is -0.139. The molecular formula is C18H25NO4. The minimum atomic E-state index is -0.880. The van der Waals surface area contributed by atoms with Crippen molar-refractivity contribution in [3.05, 3.63) is 29.3 Å². The Kier molecular flexibility index (Phi) is 5.64. The maximum atomic E-state index is 13.0. The molecule has 1 N–H and O–H groups in total. The number of methoxy groups -OCH3 is 1. The Morgan fingerprint density at radius 3 is 2.74 bits per heavy atom. The van der Waals surface area contributed by atoms with Crippen LogP contribution in [-0.4, -0.2) is 41.6 Å². The zero-order chi connectivity index (χ0) is 17.0. The molecule has 0 radical (unpaired) electrons. The van der Waals surface area contributed by atoms with E-state index < -0.39 is 5.97 Å². The Bertz CT molecular complexity index is 582. The van der Waals surface area contributed by atoms with Gasteiger partial charge in [-0.25, -0.2) is 0 Å². The number of amides is 1. The number of aryl methyl sites for hydroxylation is 1. The lowest BCUT2D eigenvalue weighted by Gasteiger charge is -2.33. The highest BCUT2D eigenvalue weighted by Gasteiger charge is 2.31. The van der Waals surface area contributed by atoms with Gasteiger partial charge in [0, 0.05) is 12.6 Å². The van der Waals surface area contributed by atoms with Crippen molar-refractivity contribution in [3.8, 4) is 5.75 Å². The van der Waals surface area contributed by atoms with Gasteiger partial charge in [-0.05, 0) is 56.4 Å². The molecule has 2 rings (SSSR count). The molecule has 1 aromatic carbocycles. The summed E-state index contributed by atoms with van der Waals surface area (Å²) >= 11 is 0. The normalized spacial score (nSPS) is 16.8. The summed E-state index contributed by atoms with van der Waals surface area (Å²) in [6.45, 7) is 4.10. The van der Waals surface area contributed by atoms with Crippen molar-refractivity contribution in [3.63, 3.8) is 0 Å². The molecular weight excluding hydrogens is 294 g/mol. The lowest BCUT2D eigenvalue weighted by Crippen LogP contribution is -2.42. The predicted octanol–water partition coefficient (Wildman–Crippen LogP) is 2.83. The number of hydrogen-bond donors (Lipinski definition) is 1. The first-order chi connectivity index (χ1) is 10.9. The minimum absolute atomic E-state index is 0.0159. The molecule has 0 saturated heterocycles. The first kappa shape index (κ1) is 17.3. The van der Waals surface area contributed by atoms with Crippen molar-refractivity contribution in [2.45, 2.75) is 51.5 Å². The second-order valence-electron chi connectivity index (χ2n) is 6.28. The average Bonchev–Trinajstić information content (AvgIpc) is 2.53. The van der Waals surface area contributed by atoms with Gasteiger partial charge in [-0.15, -0.1) is 0 Å². The molecule has 1 aliphatic carbocycles. The molecule has 0 heterocycles. The van der Waals surface area contributed by atoms with Crippen molar-refractivity contribution in [1.82, 2.24) is 4.90 Å². The predicted molar refractivity (Wildman–Crippen MR) is 87.8 cm³/mol. The number of rotatable bonds is 6. The van der Waals surface area contributed by atoms with Crippen LogP contribution < -0.4 is 4.74 Å². The van der Waals surface area contributed by atoms with Gasteiger partial charge in [0.25, 0.3) is 0 Å². The number of carboxylic acid groups (broad SMARTS) is 1. The number of carbonyl (C=O) groups excluding carboxylic acids is 1. The van der Waals surface area contributed by atoms with Crippen LogP contribution in [-0.2, 0) is 16.0 Å². The van der Waals surface area contributed by atoms with Gasteiger partial charge in [-0.2, -0.15) is 0 Å². The number of fused-ring (bicyclic) bond motifs is 1. The van der Waals surface area contributed by atoms with E-state index in [1.54, 1.807) is 12.0 Å². The topological polar surface area (TPSA) is 66.8 Å². The highest BCUT2D eigenvalue weighted by molar-refractivity contribution is 5.85. The highest BCUT2D eigenvalue weighted by Crippen LogP contribution is 2.35. The number of ether oxygens (including phenoxy) is 1. The molecule has 1 aromatic rings. The fourth-order valence-corrected chi connectivity index (χ4v) is 3.20. The van der Waals surface area contributed by atoms with E-state index in [0.717, 1.165) is 30.6 Å². The molecule has 0 aliphatic heterocycles. The summed E-state index contributed by atoms with van der Waals surface area (Å²) in [6, 6.07) is 5.89. The molecule has 5 heteroatoms. The Balaban J connectivity index is 2.26. The van der Waals surface area contributed by atoms with Gasteiger partial charge in [0.2, 0.25) is 5.91 Å². The standard InChI is InChI=1S/C18H25NO4/c1-12(2)19(10-9-17(20)21)18(22)15-6-4-5-13-7-8-14(23-3)11-16(13)15/h7-8,11-12,15H,4-6,9-10H2,1-3H3,(H,20,21). The maximum absolute atomic E-state index is 13.0. The molecule has 0 bridgehead atoms. The largest absolute Gasteiger partial charge is 0.497 e. The molecule has 0 aromatic heterocycles. The molecule has 0 spiro atoms. The SMILES string of the molecule is COc1ccc2c(c1)C(C(=O)N(CCC(=O)O)C(C)C)CCC2. The average molecular weight is 319 g/mol. The van der Waals surface area contributed by atoms with E-state index >= 15 is 0 Å². The van der Waals surface area contributed by atoms with Crippen molar-refractivity contribution in [1.29, 1.82) is 0 Å². The van der Waals surface area contributed by atoms with Crippen LogP contribution in [0.25, 0.3) is 0 Å². The molecule has 1 aliphatic rings. The molecule has 1 atom stereocenters. The van der Waals surface area contributed by atoms with Crippen LogP contribution in [0.2, 0.25) is 0 Å². The van der Waals surface area contributed by atoms with E-state index in [4.69, 9.17) is 9.84 Å². The van der Waals surface area contributed by atoms with E-state index in [1.165, 1.54) is 5.56 Å². The smallest absolute Gasteiger partial charge is 0.305 e. The third kappa shape index (κ3) is 4.03. The van der Waals surface area contributed by atoms with Gasteiger partial charge < -0.3 is 14.7 Å². The molecule has 5 nitrogen and oxygen atoms in total. The molecule has 23 heavy (non-hydrogen) atoms. The minimum Gasteiger partial charge on any atom is -0.497 e. The molecule has 0 saturated carbocycles. The van der Waals surface area contributed by atoms with Gasteiger partial charge in [0.15, 0.2) is 0 Å². The van der Waals surface area contributed by atoms with E-state index in [0.29, 0.717) is 0 Å². The number of carbonyl (C=O) groups is 2. The number of nitrogens with zero attached hydrogens (tertiary/aromatic N) is 1. The van der Waals surface area contributed by atoms with Crippen LogP contribution in [0.15, 0.2) is 18.2 Å². The number of benzene rings is 1. The number of carboxylic acids is 1. The first-order valence-electron chi connectivity index (χ1n) is 8.13. The van der Waals surface area contributed by atoms with Crippen LogP contribution in [0, 0.1) is 0 Å². The molecule has 126 valence electrons. The summed E-state index contributed by atoms with van der Waals surface area (Å²) in [6.07, 6.45) is 2.72. The van der Waals surface area contributed by atoms with Crippen LogP contribution in [0.4, 0.5) is 0 Å². The van der Waals surface area contributed by atoms with Gasteiger partial charge >= 0.3 is 5.97 Å². The number of hydrogen-bond acceptors (Lipinski definition) is 3. The van der Waals surface area contributed by atoms with E-state index in [1.807, 2.05) is 32.0 Å². The van der Waals surface area contributed by atoms with Crippen molar-refractivity contribution in [2.24, 2.45) is 0 Å². The van der Waals surface area contributed by atoms with Gasteiger partial charge in [0.05, 0.1) is 19.4 Å².